The van der Waals surface area contributed by atoms with Crippen molar-refractivity contribution in [3.63, 3.8) is 0 Å². The molecule has 13 nitrogen and oxygen atoms in total. The zero-order valence-electron chi connectivity index (χ0n) is 36.2. The van der Waals surface area contributed by atoms with Gasteiger partial charge in [0.2, 0.25) is 12.2 Å². The number of aliphatic hydroxyl groups excluding tert-OH is 1. The maximum absolute atomic E-state index is 14.6. The van der Waals surface area contributed by atoms with Gasteiger partial charge in [0, 0.05) is 81.1 Å². The molecule has 2 aromatic heterocycles. The highest BCUT2D eigenvalue weighted by Crippen LogP contribution is 2.29. The first kappa shape index (κ1) is 42.4. The van der Waals surface area contributed by atoms with Crippen LogP contribution in [0.1, 0.15) is 22.3 Å². The van der Waals surface area contributed by atoms with Crippen LogP contribution in [-0.2, 0) is 9.59 Å². The van der Waals surface area contributed by atoms with Crippen molar-refractivity contribution >= 4 is 56.6 Å². The number of carbonyl (C=O) groups excluding carboxylic acids is 2. The number of hydrogen-bond donors (Lipinski definition) is 3. The third kappa shape index (κ3) is 9.91. The Hall–Kier alpha value is -6.28. The van der Waals surface area contributed by atoms with E-state index in [1.807, 2.05) is 81.4 Å². The highest BCUT2D eigenvalue weighted by atomic mass is 16.6. The third-order valence-electron chi connectivity index (χ3n) is 11.8. The Morgan fingerprint density at radius 1 is 0.597 bits per heavy atom. The maximum atomic E-state index is 14.6. The normalized spacial score (nSPS) is 16.0. The molecule has 0 spiro atoms. The van der Waals surface area contributed by atoms with E-state index in [9.17, 15) is 14.7 Å². The highest BCUT2D eigenvalue weighted by molar-refractivity contribution is 6.04. The van der Waals surface area contributed by atoms with Crippen LogP contribution in [0.5, 0.6) is 11.5 Å². The number of pyridine rings is 2. The standard InChI is InChI=1S/C49H56N8O5/c1-32-6-12-38(13-7-32)61-46(48(59)50-36-10-16-42-40(30-36)34(3)28-44(52-42)56-22-18-54(5)19-23-56)47(62-39-14-8-33(2)9-15-39)49(60)51-37-11-17-43-41(31-37)35(4)29-45(53-43)57-24-20-55(21-25-57)26-27-58/h6-17,28-31,46-47,58H,18-27H2,1-5H3,(H,50,59)(H,51,60). The van der Waals surface area contributed by atoms with Crippen molar-refractivity contribution in [2.75, 3.05) is 93.0 Å². The predicted molar refractivity (Wildman–Crippen MR) is 247 cm³/mol. The lowest BCUT2D eigenvalue weighted by Gasteiger charge is -2.35. The van der Waals surface area contributed by atoms with Crippen molar-refractivity contribution < 1.29 is 24.2 Å². The Bertz CT molecular complexity index is 2530. The van der Waals surface area contributed by atoms with E-state index in [4.69, 9.17) is 19.4 Å². The van der Waals surface area contributed by atoms with Crippen molar-refractivity contribution in [2.45, 2.75) is 39.9 Å². The summed E-state index contributed by atoms with van der Waals surface area (Å²) in [6.07, 6.45) is -2.84. The molecule has 0 aliphatic carbocycles. The first-order valence-corrected chi connectivity index (χ1v) is 21.4. The number of hydrogen-bond acceptors (Lipinski definition) is 11. The fourth-order valence-corrected chi connectivity index (χ4v) is 8.07. The first-order chi connectivity index (χ1) is 30.0. The Morgan fingerprint density at radius 2 is 1.02 bits per heavy atom. The van der Waals surface area contributed by atoms with Crippen LogP contribution in [0.3, 0.4) is 0 Å². The van der Waals surface area contributed by atoms with Gasteiger partial charge >= 0.3 is 0 Å². The van der Waals surface area contributed by atoms with Gasteiger partial charge in [0.1, 0.15) is 23.1 Å². The van der Waals surface area contributed by atoms with Crippen LogP contribution in [0.4, 0.5) is 23.0 Å². The molecule has 2 unspecified atom stereocenters. The van der Waals surface area contributed by atoms with Crippen LogP contribution in [0, 0.1) is 27.7 Å². The van der Waals surface area contributed by atoms with Gasteiger partial charge in [0.25, 0.3) is 11.8 Å². The Morgan fingerprint density at radius 3 is 1.44 bits per heavy atom. The number of nitrogens with one attached hydrogen (secondary N) is 2. The molecule has 2 atom stereocenters. The third-order valence-corrected chi connectivity index (χ3v) is 11.8. The number of benzene rings is 4. The number of likely N-dealkylation sites (N-methyl/N-ethyl adjacent to an activating group) is 1. The van der Waals surface area contributed by atoms with E-state index in [1.165, 1.54) is 0 Å². The first-order valence-electron chi connectivity index (χ1n) is 21.4. The molecule has 2 fully saturated rings. The van der Waals surface area contributed by atoms with E-state index in [-0.39, 0.29) is 6.61 Å². The Kier molecular flexibility index (Phi) is 12.8. The lowest BCUT2D eigenvalue weighted by atomic mass is 10.1. The number of nitrogens with zero attached hydrogens (tertiary/aromatic N) is 6. The Balaban J connectivity index is 1.08. The second-order valence-electron chi connectivity index (χ2n) is 16.6. The molecule has 8 rings (SSSR count). The number of aryl methyl sites for hydroxylation is 4. The number of amides is 2. The van der Waals surface area contributed by atoms with Gasteiger partial charge in [-0.1, -0.05) is 35.4 Å². The smallest absolute Gasteiger partial charge is 0.269 e. The van der Waals surface area contributed by atoms with Crippen LogP contribution >= 0.6 is 0 Å². The lowest BCUT2D eigenvalue weighted by molar-refractivity contribution is -0.136. The van der Waals surface area contributed by atoms with E-state index >= 15 is 0 Å². The minimum absolute atomic E-state index is 0.153. The number of ether oxygens (including phenoxy) is 2. The average molecular weight is 837 g/mol. The monoisotopic (exact) mass is 836 g/mol. The number of β-amino-alcohol motifs (C(OH)–C–C–N with tert-alkyl or cyclic N) is 1. The molecule has 6 aromatic rings. The quantitative estimate of drug-likeness (QED) is 0.120. The predicted octanol–water partition coefficient (Wildman–Crippen LogP) is 6.36. The second kappa shape index (κ2) is 18.8. The number of rotatable bonds is 13. The zero-order valence-corrected chi connectivity index (χ0v) is 36.2. The molecular weight excluding hydrogens is 781 g/mol. The van der Waals surface area contributed by atoms with E-state index in [2.05, 4.69) is 56.3 Å². The fraction of sp³-hybridized carbons (Fsp3) is 0.347. The molecule has 2 amide bonds. The van der Waals surface area contributed by atoms with Crippen LogP contribution in [0.25, 0.3) is 21.8 Å². The topological polar surface area (TPSA) is 136 Å². The van der Waals surface area contributed by atoms with Crippen LogP contribution in [0.15, 0.2) is 97.1 Å². The summed E-state index contributed by atoms with van der Waals surface area (Å²) in [5.41, 5.74) is 6.80. The minimum Gasteiger partial charge on any atom is -0.476 e. The van der Waals surface area contributed by atoms with E-state index in [1.54, 1.807) is 24.3 Å². The molecule has 4 aromatic carbocycles. The Labute approximate surface area is 363 Å². The van der Waals surface area contributed by atoms with Gasteiger partial charge in [-0.2, -0.15) is 0 Å². The highest BCUT2D eigenvalue weighted by Gasteiger charge is 2.39. The van der Waals surface area contributed by atoms with Gasteiger partial charge in [0.05, 0.1) is 17.6 Å². The molecule has 0 radical (unpaired) electrons. The summed E-state index contributed by atoms with van der Waals surface area (Å²) in [5.74, 6) is 1.55. The number of fused-ring (bicyclic) bond motifs is 2. The summed E-state index contributed by atoms with van der Waals surface area (Å²) in [6, 6.07) is 30.1. The van der Waals surface area contributed by atoms with Gasteiger partial charge in [-0.25, -0.2) is 9.97 Å². The van der Waals surface area contributed by atoms with Gasteiger partial charge < -0.3 is 39.9 Å². The van der Waals surface area contributed by atoms with Crippen molar-refractivity contribution in [2.24, 2.45) is 0 Å². The molecule has 4 heterocycles. The molecule has 62 heavy (non-hydrogen) atoms. The van der Waals surface area contributed by atoms with Gasteiger partial charge in [-0.3, -0.25) is 14.5 Å². The molecule has 2 aliphatic rings. The molecule has 13 heteroatoms. The minimum atomic E-state index is -1.42. The van der Waals surface area contributed by atoms with Gasteiger partial charge in [-0.05, 0) is 119 Å². The number of aliphatic hydroxyl groups is 1. The van der Waals surface area contributed by atoms with Crippen molar-refractivity contribution in [3.8, 4) is 11.5 Å². The molecule has 2 saturated heterocycles. The molecule has 2 aliphatic heterocycles. The van der Waals surface area contributed by atoms with Gasteiger partial charge in [-0.15, -0.1) is 0 Å². The van der Waals surface area contributed by atoms with Crippen molar-refractivity contribution in [1.29, 1.82) is 0 Å². The number of piperazine rings is 2. The molecule has 0 bridgehead atoms. The molecular formula is C49H56N8O5. The van der Waals surface area contributed by atoms with Crippen LogP contribution in [0.2, 0.25) is 0 Å². The molecule has 322 valence electrons. The average Bonchev–Trinajstić information content (AvgIpc) is 3.27. The van der Waals surface area contributed by atoms with Crippen LogP contribution < -0.4 is 29.9 Å². The summed E-state index contributed by atoms with van der Waals surface area (Å²) in [4.78, 5) is 48.4. The number of anilines is 4. The summed E-state index contributed by atoms with van der Waals surface area (Å²) >= 11 is 0. The summed E-state index contributed by atoms with van der Waals surface area (Å²) < 4.78 is 12.9. The van der Waals surface area contributed by atoms with Gasteiger partial charge in [0.15, 0.2) is 0 Å². The van der Waals surface area contributed by atoms with E-state index in [0.29, 0.717) is 29.4 Å². The summed E-state index contributed by atoms with van der Waals surface area (Å²) in [6.45, 7) is 16.0. The fourth-order valence-electron chi connectivity index (χ4n) is 8.07. The number of carbonyl (C=O) groups is 2. The van der Waals surface area contributed by atoms with Crippen LogP contribution in [-0.4, -0.2) is 121 Å². The second-order valence-corrected chi connectivity index (χ2v) is 16.6. The zero-order chi connectivity index (χ0) is 43.3. The maximum Gasteiger partial charge on any atom is 0.269 e. The summed E-state index contributed by atoms with van der Waals surface area (Å²) in [5, 5.41) is 17.3. The van der Waals surface area contributed by atoms with E-state index in [0.717, 1.165) is 108 Å². The van der Waals surface area contributed by atoms with E-state index < -0.39 is 24.0 Å². The number of aromatic nitrogens is 2. The summed E-state index contributed by atoms with van der Waals surface area (Å²) in [7, 11) is 2.13. The largest absolute Gasteiger partial charge is 0.476 e. The van der Waals surface area contributed by atoms with Crippen molar-refractivity contribution in [3.05, 3.63) is 119 Å². The molecule has 3 N–H and O–H groups in total. The lowest BCUT2D eigenvalue weighted by Crippen LogP contribution is -2.51. The van der Waals surface area contributed by atoms with Crippen molar-refractivity contribution in [1.82, 2.24) is 19.8 Å². The molecule has 0 saturated carbocycles. The SMILES string of the molecule is Cc1ccc(OC(C(=O)Nc2ccc3nc(N4CCN(C)CC4)cc(C)c3c2)C(Oc2ccc(C)cc2)C(=O)Nc2ccc3nc(N4CCN(CCO)CC4)cc(C)c3c2)cc1.